The van der Waals surface area contributed by atoms with E-state index >= 15 is 0 Å². The minimum absolute atomic E-state index is 0.0267. The van der Waals surface area contributed by atoms with Crippen LogP contribution in [-0.4, -0.2) is 59.6 Å². The molecule has 7 heteroatoms. The maximum Gasteiger partial charge on any atom is 0.309 e. The lowest BCUT2D eigenvalue weighted by atomic mass is 9.95. The fourth-order valence-corrected chi connectivity index (χ4v) is 4.43. The van der Waals surface area contributed by atoms with E-state index in [2.05, 4.69) is 18.5 Å². The Bertz CT molecular complexity index is 841. The van der Waals surface area contributed by atoms with Crippen molar-refractivity contribution < 1.29 is 24.2 Å². The Morgan fingerprint density at radius 3 is 2.60 bits per heavy atom. The van der Waals surface area contributed by atoms with Crippen LogP contribution in [0.2, 0.25) is 0 Å². The number of rotatable bonds is 15. The number of likely N-dealkylation sites (tertiary alicyclic amines) is 1. The van der Waals surface area contributed by atoms with Crippen molar-refractivity contribution in [2.75, 3.05) is 19.8 Å². The van der Waals surface area contributed by atoms with Crippen LogP contribution in [0.4, 0.5) is 0 Å². The monoisotopic (exact) mass is 484 g/mol. The number of benzene rings is 1. The van der Waals surface area contributed by atoms with Gasteiger partial charge in [-0.3, -0.25) is 14.4 Å². The summed E-state index contributed by atoms with van der Waals surface area (Å²) in [6, 6.07) is 9.30. The van der Waals surface area contributed by atoms with Crippen LogP contribution in [-0.2, 0) is 25.5 Å². The molecule has 1 fully saturated rings. The summed E-state index contributed by atoms with van der Waals surface area (Å²) in [6.45, 7) is 9.76. The number of allylic oxidation sites excluding steroid dienone is 2. The molecule has 0 bridgehead atoms. The van der Waals surface area contributed by atoms with Gasteiger partial charge >= 0.3 is 5.97 Å². The molecule has 1 aliphatic heterocycles. The Hall–Kier alpha value is -2.93. The minimum atomic E-state index is -0.534. The number of aliphatic hydroxyl groups excluding tert-OH is 1. The Kier molecular flexibility index (Phi) is 12.2. The zero-order valence-corrected chi connectivity index (χ0v) is 20.9. The molecule has 0 aliphatic carbocycles. The highest BCUT2D eigenvalue weighted by atomic mass is 16.5. The van der Waals surface area contributed by atoms with E-state index in [9.17, 15) is 14.4 Å². The highest BCUT2D eigenvalue weighted by Gasteiger charge is 2.35. The maximum absolute atomic E-state index is 13.3. The molecule has 2 amide bonds. The number of esters is 1. The molecule has 2 rings (SSSR count). The van der Waals surface area contributed by atoms with E-state index in [0.29, 0.717) is 25.8 Å². The molecule has 0 saturated carbocycles. The predicted molar refractivity (Wildman–Crippen MR) is 136 cm³/mol. The van der Waals surface area contributed by atoms with Crippen LogP contribution in [0.3, 0.4) is 0 Å². The average molecular weight is 485 g/mol. The number of amides is 2. The highest BCUT2D eigenvalue weighted by Crippen LogP contribution is 2.24. The molecule has 0 radical (unpaired) electrons. The van der Waals surface area contributed by atoms with Crippen LogP contribution in [0.1, 0.15) is 51.0 Å². The van der Waals surface area contributed by atoms with Crippen molar-refractivity contribution in [1.82, 2.24) is 10.2 Å². The van der Waals surface area contributed by atoms with Gasteiger partial charge in [0, 0.05) is 19.0 Å². The van der Waals surface area contributed by atoms with Crippen LogP contribution in [0.15, 0.2) is 55.6 Å². The zero-order valence-electron chi connectivity index (χ0n) is 20.9. The average Bonchev–Trinajstić information content (AvgIpc) is 3.33. The topological polar surface area (TPSA) is 95.9 Å². The Morgan fingerprint density at radius 2 is 1.94 bits per heavy atom. The normalized spacial score (nSPS) is 17.8. The molecule has 35 heavy (non-hydrogen) atoms. The number of carbonyl (C=O) groups excluding carboxylic acids is 3. The first-order valence-corrected chi connectivity index (χ1v) is 12.5. The molecule has 1 saturated heterocycles. The van der Waals surface area contributed by atoms with Crippen molar-refractivity contribution in [2.45, 2.75) is 64.0 Å². The van der Waals surface area contributed by atoms with Gasteiger partial charge in [-0.15, -0.1) is 13.2 Å². The lowest BCUT2D eigenvalue weighted by Crippen LogP contribution is -2.44. The van der Waals surface area contributed by atoms with Gasteiger partial charge in [-0.1, -0.05) is 42.5 Å². The number of nitrogens with zero attached hydrogens (tertiary/aromatic N) is 1. The van der Waals surface area contributed by atoms with Crippen LogP contribution in [0.25, 0.3) is 0 Å². The molecular weight excluding hydrogens is 444 g/mol. The van der Waals surface area contributed by atoms with E-state index < -0.39 is 5.92 Å². The zero-order chi connectivity index (χ0) is 25.6. The van der Waals surface area contributed by atoms with Crippen molar-refractivity contribution in [3.05, 3.63) is 61.2 Å². The van der Waals surface area contributed by atoms with Crippen LogP contribution in [0.5, 0.6) is 0 Å². The van der Waals surface area contributed by atoms with Gasteiger partial charge in [-0.25, -0.2) is 0 Å². The van der Waals surface area contributed by atoms with Crippen molar-refractivity contribution in [2.24, 2.45) is 11.8 Å². The smallest absolute Gasteiger partial charge is 0.309 e. The third-order valence-electron chi connectivity index (χ3n) is 6.37. The van der Waals surface area contributed by atoms with E-state index in [1.54, 1.807) is 24.0 Å². The van der Waals surface area contributed by atoms with Crippen molar-refractivity contribution in [3.8, 4) is 0 Å². The Balaban J connectivity index is 1.98. The third-order valence-corrected chi connectivity index (χ3v) is 6.37. The fraction of sp³-hybridized carbons (Fsp3) is 0.536. The summed E-state index contributed by atoms with van der Waals surface area (Å²) in [5.41, 5.74) is 1.08. The van der Waals surface area contributed by atoms with E-state index in [0.717, 1.165) is 24.8 Å². The van der Waals surface area contributed by atoms with Gasteiger partial charge in [0.15, 0.2) is 0 Å². The van der Waals surface area contributed by atoms with E-state index in [4.69, 9.17) is 9.84 Å². The number of aliphatic hydroxyl groups is 1. The van der Waals surface area contributed by atoms with Crippen molar-refractivity contribution in [1.29, 1.82) is 0 Å². The fourth-order valence-electron chi connectivity index (χ4n) is 4.43. The highest BCUT2D eigenvalue weighted by molar-refractivity contribution is 5.86. The molecular formula is C28H40N2O5. The SMILES string of the molecule is C=CCC[C@H](Cc1ccccc1)C(=O)OC[C@@H]1CCCN1C(=O)[C@@H](CC=C)CC(=O)N[C@H](C)CO. The largest absolute Gasteiger partial charge is 0.463 e. The summed E-state index contributed by atoms with van der Waals surface area (Å²) in [6.07, 6.45) is 7.42. The standard InChI is InChI=1S/C28H40N2O5/c1-4-6-14-24(17-22-12-8-7-9-13-22)28(34)35-20-25-15-10-16-30(25)27(33)23(11-5-2)18-26(32)29-21(3)19-31/h4-5,7-9,12-13,21,23-25,31H,1-2,6,10-11,14-20H2,3H3,(H,29,32)/t21-,23+,24-,25+/m1/s1. The number of carbonyl (C=O) groups is 3. The molecule has 1 aromatic carbocycles. The number of hydrogen-bond acceptors (Lipinski definition) is 5. The number of nitrogens with one attached hydrogen (secondary N) is 1. The van der Waals surface area contributed by atoms with Crippen molar-refractivity contribution in [3.63, 3.8) is 0 Å². The number of hydrogen-bond donors (Lipinski definition) is 2. The molecule has 192 valence electrons. The van der Waals surface area contributed by atoms with Gasteiger partial charge in [0.25, 0.3) is 0 Å². The summed E-state index contributed by atoms with van der Waals surface area (Å²) < 4.78 is 5.73. The van der Waals surface area contributed by atoms with E-state index in [1.165, 1.54) is 0 Å². The van der Waals surface area contributed by atoms with Crippen molar-refractivity contribution >= 4 is 17.8 Å². The maximum atomic E-state index is 13.3. The summed E-state index contributed by atoms with van der Waals surface area (Å²) in [5, 5.41) is 11.9. The summed E-state index contributed by atoms with van der Waals surface area (Å²) in [4.78, 5) is 40.3. The minimum Gasteiger partial charge on any atom is -0.463 e. The lowest BCUT2D eigenvalue weighted by molar-refractivity contribution is -0.152. The molecule has 4 atom stereocenters. The second-order valence-electron chi connectivity index (χ2n) is 9.29. The van der Waals surface area contributed by atoms with Gasteiger partial charge in [-0.2, -0.15) is 0 Å². The molecule has 1 aliphatic rings. The summed E-state index contributed by atoms with van der Waals surface area (Å²) in [5.74, 6) is -1.46. The van der Waals surface area contributed by atoms with Crippen LogP contribution in [0, 0.1) is 11.8 Å². The van der Waals surface area contributed by atoms with Gasteiger partial charge in [0.1, 0.15) is 6.61 Å². The van der Waals surface area contributed by atoms with E-state index in [1.807, 2.05) is 30.3 Å². The first kappa shape index (κ1) is 28.3. The van der Waals surface area contributed by atoms with E-state index in [-0.39, 0.29) is 55.4 Å². The third kappa shape index (κ3) is 9.32. The van der Waals surface area contributed by atoms with Crippen LogP contribution < -0.4 is 5.32 Å². The van der Waals surface area contributed by atoms with Gasteiger partial charge in [-0.05, 0) is 51.0 Å². The Morgan fingerprint density at radius 1 is 1.20 bits per heavy atom. The molecule has 0 spiro atoms. The summed E-state index contributed by atoms with van der Waals surface area (Å²) >= 11 is 0. The summed E-state index contributed by atoms with van der Waals surface area (Å²) in [7, 11) is 0. The van der Waals surface area contributed by atoms with Gasteiger partial charge in [0.05, 0.1) is 24.5 Å². The predicted octanol–water partition coefficient (Wildman–Crippen LogP) is 3.43. The molecule has 1 aromatic rings. The first-order valence-electron chi connectivity index (χ1n) is 12.5. The van der Waals surface area contributed by atoms with Gasteiger partial charge < -0.3 is 20.1 Å². The Labute approximate surface area is 209 Å². The molecule has 0 unspecified atom stereocenters. The molecule has 7 nitrogen and oxygen atoms in total. The molecule has 0 aromatic heterocycles. The van der Waals surface area contributed by atoms with Gasteiger partial charge in [0.2, 0.25) is 11.8 Å². The first-order chi connectivity index (χ1) is 16.9. The quantitative estimate of drug-likeness (QED) is 0.294. The second-order valence-corrected chi connectivity index (χ2v) is 9.29. The molecule has 2 N–H and O–H groups in total. The second kappa shape index (κ2) is 15.1. The molecule has 1 heterocycles. The van der Waals surface area contributed by atoms with Crippen LogP contribution >= 0.6 is 0 Å². The number of ether oxygens (including phenoxy) is 1. The lowest BCUT2D eigenvalue weighted by Gasteiger charge is -2.29.